The third-order valence-electron chi connectivity index (χ3n) is 7.17. The van der Waals surface area contributed by atoms with Crippen molar-refractivity contribution in [2.75, 3.05) is 17.4 Å². The highest BCUT2D eigenvalue weighted by Gasteiger charge is 2.34. The molecule has 0 saturated carbocycles. The van der Waals surface area contributed by atoms with Gasteiger partial charge in [-0.15, -0.1) is 0 Å². The summed E-state index contributed by atoms with van der Waals surface area (Å²) in [6, 6.07) is 28.3. The van der Waals surface area contributed by atoms with Gasteiger partial charge in [0.2, 0.25) is 11.8 Å². The first-order chi connectivity index (χ1) is 21.4. The molecule has 0 radical (unpaired) electrons. The molecule has 45 heavy (non-hydrogen) atoms. The first kappa shape index (κ1) is 34.0. The van der Waals surface area contributed by atoms with Crippen LogP contribution < -0.4 is 9.62 Å². The van der Waals surface area contributed by atoms with Crippen LogP contribution >= 0.6 is 23.2 Å². The van der Waals surface area contributed by atoms with E-state index in [0.29, 0.717) is 16.6 Å². The van der Waals surface area contributed by atoms with Crippen LogP contribution in [-0.2, 0) is 32.6 Å². The van der Waals surface area contributed by atoms with Crippen molar-refractivity contribution in [3.05, 3.63) is 130 Å². The lowest BCUT2D eigenvalue weighted by atomic mass is 10.0. The molecule has 7 nitrogen and oxygen atoms in total. The van der Waals surface area contributed by atoms with E-state index in [-0.39, 0.29) is 35.4 Å². The van der Waals surface area contributed by atoms with Gasteiger partial charge < -0.3 is 10.2 Å². The van der Waals surface area contributed by atoms with Gasteiger partial charge in [0, 0.05) is 29.6 Å². The summed E-state index contributed by atoms with van der Waals surface area (Å²) in [5.41, 5.74) is 2.89. The van der Waals surface area contributed by atoms with Crippen LogP contribution in [0.1, 0.15) is 30.5 Å². The molecule has 1 N–H and O–H groups in total. The third-order valence-corrected chi connectivity index (χ3v) is 9.44. The van der Waals surface area contributed by atoms with Crippen LogP contribution in [0.4, 0.5) is 5.69 Å². The lowest BCUT2D eigenvalue weighted by Gasteiger charge is -2.34. The van der Waals surface area contributed by atoms with E-state index in [4.69, 9.17) is 23.2 Å². The molecule has 1 unspecified atom stereocenters. The molecule has 0 fully saturated rings. The molecule has 0 heterocycles. The number of rotatable bonds is 13. The second-order valence-corrected chi connectivity index (χ2v) is 14.0. The smallest absolute Gasteiger partial charge is 0.264 e. The summed E-state index contributed by atoms with van der Waals surface area (Å²) < 4.78 is 29.2. The van der Waals surface area contributed by atoms with Crippen LogP contribution in [-0.4, -0.2) is 44.3 Å². The van der Waals surface area contributed by atoms with Crippen LogP contribution in [0.5, 0.6) is 0 Å². The summed E-state index contributed by atoms with van der Waals surface area (Å²) >= 11 is 12.3. The van der Waals surface area contributed by atoms with Crippen molar-refractivity contribution >= 4 is 50.7 Å². The highest BCUT2D eigenvalue weighted by Crippen LogP contribution is 2.28. The van der Waals surface area contributed by atoms with Crippen molar-refractivity contribution in [3.63, 3.8) is 0 Å². The molecule has 4 rings (SSSR count). The van der Waals surface area contributed by atoms with Crippen LogP contribution in [0.3, 0.4) is 0 Å². The minimum Gasteiger partial charge on any atom is -0.354 e. The number of hydrogen-bond donors (Lipinski definition) is 1. The quantitative estimate of drug-likeness (QED) is 0.168. The van der Waals surface area contributed by atoms with Crippen LogP contribution in [0.15, 0.2) is 108 Å². The number of nitrogens with zero attached hydrogens (tertiary/aromatic N) is 2. The average molecular weight is 667 g/mol. The van der Waals surface area contributed by atoms with Gasteiger partial charge in [-0.3, -0.25) is 13.9 Å². The monoisotopic (exact) mass is 665 g/mol. The largest absolute Gasteiger partial charge is 0.354 e. The SMILES string of the molecule is Cc1cccc(CN(C(=O)CN(c2cccc(Cl)c2)S(=O)(=O)c2ccc(Cl)cc2)C(Cc2ccccc2)C(=O)NCC(C)C)c1. The highest BCUT2D eigenvalue weighted by molar-refractivity contribution is 7.92. The van der Waals surface area contributed by atoms with E-state index in [9.17, 15) is 18.0 Å². The van der Waals surface area contributed by atoms with Crippen molar-refractivity contribution in [2.45, 2.75) is 44.7 Å². The van der Waals surface area contributed by atoms with Gasteiger partial charge in [0.1, 0.15) is 12.6 Å². The minimum atomic E-state index is -4.25. The Morgan fingerprint density at radius 2 is 1.47 bits per heavy atom. The van der Waals surface area contributed by atoms with Gasteiger partial charge in [0.25, 0.3) is 10.0 Å². The number of carbonyl (C=O) groups is 2. The van der Waals surface area contributed by atoms with Crippen molar-refractivity contribution < 1.29 is 18.0 Å². The maximum Gasteiger partial charge on any atom is 0.264 e. The first-order valence-corrected chi connectivity index (χ1v) is 16.8. The van der Waals surface area contributed by atoms with Gasteiger partial charge >= 0.3 is 0 Å². The molecular formula is C35H37Cl2N3O4S. The molecule has 4 aromatic carbocycles. The topological polar surface area (TPSA) is 86.8 Å². The molecular weight excluding hydrogens is 629 g/mol. The zero-order valence-corrected chi connectivity index (χ0v) is 27.8. The number of halogens is 2. The van der Waals surface area contributed by atoms with E-state index < -0.39 is 28.5 Å². The molecule has 0 saturated heterocycles. The standard InChI is InChI=1S/C35H37Cl2N3O4S/c1-25(2)22-38-35(42)33(20-27-10-5-4-6-11-27)39(23-28-12-7-9-26(3)19-28)34(41)24-40(31-14-8-13-30(37)21-31)45(43,44)32-17-15-29(36)16-18-32/h4-19,21,25,33H,20,22-24H2,1-3H3,(H,38,42). The van der Waals surface area contributed by atoms with Gasteiger partial charge in [0.15, 0.2) is 0 Å². The highest BCUT2D eigenvalue weighted by atomic mass is 35.5. The predicted molar refractivity (Wildman–Crippen MR) is 181 cm³/mol. The Kier molecular flexibility index (Phi) is 11.7. The molecule has 236 valence electrons. The van der Waals surface area contributed by atoms with E-state index in [1.807, 2.05) is 75.4 Å². The molecule has 4 aromatic rings. The van der Waals surface area contributed by atoms with Gasteiger partial charge in [-0.2, -0.15) is 0 Å². The molecule has 0 aliphatic rings. The summed E-state index contributed by atoms with van der Waals surface area (Å²) in [5, 5.41) is 3.68. The Morgan fingerprint density at radius 3 is 2.11 bits per heavy atom. The molecule has 0 spiro atoms. The second kappa shape index (κ2) is 15.4. The van der Waals surface area contributed by atoms with Crippen molar-refractivity contribution in [1.29, 1.82) is 0 Å². The lowest BCUT2D eigenvalue weighted by Crippen LogP contribution is -2.53. The number of nitrogens with one attached hydrogen (secondary N) is 1. The summed E-state index contributed by atoms with van der Waals surface area (Å²) in [4.78, 5) is 29.8. The van der Waals surface area contributed by atoms with Crippen LogP contribution in [0.25, 0.3) is 0 Å². The summed E-state index contributed by atoms with van der Waals surface area (Å²) in [6.45, 7) is 5.89. The average Bonchev–Trinajstić information content (AvgIpc) is 3.01. The minimum absolute atomic E-state index is 0.0413. The summed E-state index contributed by atoms with van der Waals surface area (Å²) in [7, 11) is -4.25. The van der Waals surface area contributed by atoms with Gasteiger partial charge in [-0.1, -0.05) is 103 Å². The molecule has 2 amide bonds. The van der Waals surface area contributed by atoms with E-state index in [1.165, 1.54) is 35.2 Å². The second-order valence-electron chi connectivity index (χ2n) is 11.3. The molecule has 1 atom stereocenters. The summed E-state index contributed by atoms with van der Waals surface area (Å²) in [5.74, 6) is -0.673. The normalized spacial score (nSPS) is 12.0. The van der Waals surface area contributed by atoms with Crippen molar-refractivity contribution in [2.24, 2.45) is 5.92 Å². The fraction of sp³-hybridized carbons (Fsp3) is 0.257. The van der Waals surface area contributed by atoms with E-state index in [2.05, 4.69) is 5.32 Å². The molecule has 0 bridgehead atoms. The summed E-state index contributed by atoms with van der Waals surface area (Å²) in [6.07, 6.45) is 0.240. The Bertz CT molecular complexity index is 1710. The Labute approximate surface area is 275 Å². The van der Waals surface area contributed by atoms with Gasteiger partial charge in [-0.25, -0.2) is 8.42 Å². The van der Waals surface area contributed by atoms with E-state index in [0.717, 1.165) is 21.0 Å². The number of sulfonamides is 1. The molecule has 10 heteroatoms. The fourth-order valence-electron chi connectivity index (χ4n) is 4.88. The zero-order valence-electron chi connectivity index (χ0n) is 25.5. The number of aryl methyl sites for hydroxylation is 1. The Balaban J connectivity index is 1.80. The number of carbonyl (C=O) groups excluding carboxylic acids is 2. The van der Waals surface area contributed by atoms with E-state index in [1.54, 1.807) is 18.2 Å². The first-order valence-electron chi connectivity index (χ1n) is 14.6. The van der Waals surface area contributed by atoms with Crippen LogP contribution in [0, 0.1) is 12.8 Å². The van der Waals surface area contributed by atoms with Crippen molar-refractivity contribution in [3.8, 4) is 0 Å². The maximum atomic E-state index is 14.5. The van der Waals surface area contributed by atoms with Gasteiger partial charge in [0.05, 0.1) is 10.6 Å². The lowest BCUT2D eigenvalue weighted by molar-refractivity contribution is -0.140. The predicted octanol–water partition coefficient (Wildman–Crippen LogP) is 6.91. The van der Waals surface area contributed by atoms with Crippen molar-refractivity contribution in [1.82, 2.24) is 10.2 Å². The number of anilines is 1. The van der Waals surface area contributed by atoms with Crippen LogP contribution in [0.2, 0.25) is 10.0 Å². The number of hydrogen-bond acceptors (Lipinski definition) is 4. The number of amides is 2. The molecule has 0 aromatic heterocycles. The van der Waals surface area contributed by atoms with E-state index >= 15 is 0 Å². The third kappa shape index (κ3) is 9.33. The fourth-order valence-corrected chi connectivity index (χ4v) is 6.59. The zero-order chi connectivity index (χ0) is 32.6. The number of benzene rings is 4. The van der Waals surface area contributed by atoms with Gasteiger partial charge in [-0.05, 0) is 66.4 Å². The Morgan fingerprint density at radius 1 is 0.800 bits per heavy atom. The molecule has 0 aliphatic heterocycles. The molecule has 0 aliphatic carbocycles. The maximum absolute atomic E-state index is 14.5. The Hall–Kier alpha value is -3.85.